The van der Waals surface area contributed by atoms with Crippen molar-refractivity contribution in [1.29, 1.82) is 0 Å². The molecule has 3 nitrogen and oxygen atoms in total. The summed E-state index contributed by atoms with van der Waals surface area (Å²) in [6, 6.07) is 12.9. The molecule has 0 unspecified atom stereocenters. The number of halogens is 1. The zero-order chi connectivity index (χ0) is 13.2. The number of hydrogen-bond donors (Lipinski definition) is 2. The molecule has 3 aromatic rings. The third-order valence-electron chi connectivity index (χ3n) is 2.77. The number of benzene rings is 2. The fourth-order valence-electron chi connectivity index (χ4n) is 1.80. The van der Waals surface area contributed by atoms with E-state index in [-0.39, 0.29) is 5.75 Å². The summed E-state index contributed by atoms with van der Waals surface area (Å²) in [5.41, 5.74) is 2.76. The summed E-state index contributed by atoms with van der Waals surface area (Å²) in [6.07, 6.45) is 0. The molecule has 0 amide bonds. The lowest BCUT2D eigenvalue weighted by Gasteiger charge is -2.01. The summed E-state index contributed by atoms with van der Waals surface area (Å²) >= 11 is 7.70. The number of imidazole rings is 1. The number of fused-ring (bicyclic) bond motifs is 1. The van der Waals surface area contributed by atoms with E-state index in [0.29, 0.717) is 0 Å². The van der Waals surface area contributed by atoms with Crippen molar-refractivity contribution in [3.63, 3.8) is 0 Å². The van der Waals surface area contributed by atoms with Crippen molar-refractivity contribution in [2.75, 3.05) is 0 Å². The molecule has 0 saturated carbocycles. The van der Waals surface area contributed by atoms with Crippen molar-refractivity contribution in [3.8, 4) is 5.75 Å². The second-order valence-electron chi connectivity index (χ2n) is 4.12. The summed E-state index contributed by atoms with van der Waals surface area (Å²) < 4.78 is 0. The Morgan fingerprint density at radius 2 is 2.05 bits per heavy atom. The maximum atomic E-state index is 9.41. The van der Waals surface area contributed by atoms with Crippen LogP contribution in [0.3, 0.4) is 0 Å². The monoisotopic (exact) mass is 290 g/mol. The molecule has 0 saturated heterocycles. The van der Waals surface area contributed by atoms with Gasteiger partial charge in [-0.3, -0.25) is 0 Å². The zero-order valence-corrected chi connectivity index (χ0v) is 11.5. The fourth-order valence-corrected chi connectivity index (χ4v) is 2.97. The van der Waals surface area contributed by atoms with E-state index in [0.717, 1.165) is 32.5 Å². The predicted molar refractivity (Wildman–Crippen MR) is 78.8 cm³/mol. The van der Waals surface area contributed by atoms with Crippen LogP contribution in [0.5, 0.6) is 5.75 Å². The van der Waals surface area contributed by atoms with E-state index in [1.165, 1.54) is 0 Å². The van der Waals surface area contributed by atoms with Gasteiger partial charge in [0.2, 0.25) is 0 Å². The first-order valence-electron chi connectivity index (χ1n) is 5.77. The predicted octanol–water partition coefficient (Wildman–Crippen LogP) is 4.21. The molecule has 0 aliphatic carbocycles. The van der Waals surface area contributed by atoms with Gasteiger partial charge in [-0.25, -0.2) is 4.98 Å². The highest BCUT2D eigenvalue weighted by atomic mass is 35.5. The van der Waals surface area contributed by atoms with Crippen LogP contribution in [0.2, 0.25) is 5.02 Å². The number of thioether (sulfide) groups is 1. The van der Waals surface area contributed by atoms with E-state index >= 15 is 0 Å². The molecule has 0 aliphatic heterocycles. The molecule has 1 aromatic heterocycles. The first-order chi connectivity index (χ1) is 9.22. The van der Waals surface area contributed by atoms with Crippen LogP contribution < -0.4 is 0 Å². The van der Waals surface area contributed by atoms with Gasteiger partial charge in [0.05, 0.1) is 11.0 Å². The van der Waals surface area contributed by atoms with Crippen LogP contribution in [0.25, 0.3) is 11.0 Å². The van der Waals surface area contributed by atoms with Crippen molar-refractivity contribution >= 4 is 34.4 Å². The highest BCUT2D eigenvalue weighted by Crippen LogP contribution is 2.27. The van der Waals surface area contributed by atoms with Crippen LogP contribution >= 0.6 is 23.4 Å². The molecule has 2 N–H and O–H groups in total. The van der Waals surface area contributed by atoms with Crippen LogP contribution in [0.1, 0.15) is 5.56 Å². The molecule has 1 heterocycles. The number of phenols is 1. The van der Waals surface area contributed by atoms with Crippen molar-refractivity contribution in [3.05, 3.63) is 53.1 Å². The number of aromatic amines is 1. The minimum Gasteiger partial charge on any atom is -0.508 e. The Hall–Kier alpha value is -1.65. The van der Waals surface area contributed by atoms with Crippen molar-refractivity contribution in [1.82, 2.24) is 9.97 Å². The average molecular weight is 291 g/mol. The molecular formula is C14H11ClN2OS. The molecule has 0 fully saturated rings. The largest absolute Gasteiger partial charge is 0.508 e. The Labute approximate surface area is 119 Å². The number of nitrogens with one attached hydrogen (secondary N) is 1. The molecule has 0 radical (unpaired) electrons. The zero-order valence-electron chi connectivity index (χ0n) is 9.93. The molecule has 0 bridgehead atoms. The molecule has 0 spiro atoms. The Kier molecular flexibility index (Phi) is 3.36. The van der Waals surface area contributed by atoms with E-state index in [9.17, 15) is 5.11 Å². The number of hydrogen-bond acceptors (Lipinski definition) is 3. The number of H-pyrrole nitrogens is 1. The lowest BCUT2D eigenvalue weighted by molar-refractivity contribution is 0.476. The lowest BCUT2D eigenvalue weighted by atomic mass is 10.2. The van der Waals surface area contributed by atoms with E-state index in [4.69, 9.17) is 11.6 Å². The van der Waals surface area contributed by atoms with Crippen LogP contribution in [0, 0.1) is 0 Å². The standard InChI is InChI=1S/C14H11ClN2OS/c15-11-4-2-1-3-9(11)8-19-14-16-12-6-5-10(18)7-13(12)17-14/h1-7,18H,8H2,(H,16,17). The summed E-state index contributed by atoms with van der Waals surface area (Å²) in [5, 5.41) is 11.0. The highest BCUT2D eigenvalue weighted by Gasteiger charge is 2.06. The Balaban J connectivity index is 1.80. The first-order valence-corrected chi connectivity index (χ1v) is 7.14. The van der Waals surface area contributed by atoms with Gasteiger partial charge in [-0.05, 0) is 23.8 Å². The van der Waals surface area contributed by atoms with Gasteiger partial charge in [0, 0.05) is 16.8 Å². The fraction of sp³-hybridized carbons (Fsp3) is 0.0714. The van der Waals surface area contributed by atoms with Crippen LogP contribution in [-0.4, -0.2) is 15.1 Å². The van der Waals surface area contributed by atoms with Gasteiger partial charge in [-0.1, -0.05) is 41.6 Å². The Morgan fingerprint density at radius 1 is 1.21 bits per heavy atom. The van der Waals surface area contributed by atoms with Gasteiger partial charge in [0.1, 0.15) is 5.75 Å². The minimum absolute atomic E-state index is 0.235. The van der Waals surface area contributed by atoms with Gasteiger partial charge < -0.3 is 10.1 Å². The second-order valence-corrected chi connectivity index (χ2v) is 5.49. The van der Waals surface area contributed by atoms with Gasteiger partial charge >= 0.3 is 0 Å². The number of nitrogens with zero attached hydrogens (tertiary/aromatic N) is 1. The highest BCUT2D eigenvalue weighted by molar-refractivity contribution is 7.98. The number of rotatable bonds is 3. The lowest BCUT2D eigenvalue weighted by Crippen LogP contribution is -1.82. The summed E-state index contributed by atoms with van der Waals surface area (Å²) in [7, 11) is 0. The van der Waals surface area contributed by atoms with E-state index in [2.05, 4.69) is 9.97 Å². The Bertz CT molecular complexity index is 726. The number of aromatic nitrogens is 2. The van der Waals surface area contributed by atoms with E-state index in [1.807, 2.05) is 24.3 Å². The third-order valence-corrected chi connectivity index (χ3v) is 4.06. The Morgan fingerprint density at radius 3 is 2.89 bits per heavy atom. The van der Waals surface area contributed by atoms with Crippen LogP contribution in [0.4, 0.5) is 0 Å². The van der Waals surface area contributed by atoms with Gasteiger partial charge in [-0.2, -0.15) is 0 Å². The molecular weight excluding hydrogens is 280 g/mol. The molecule has 0 atom stereocenters. The third kappa shape index (κ3) is 2.69. The molecule has 5 heteroatoms. The number of aromatic hydroxyl groups is 1. The topological polar surface area (TPSA) is 48.9 Å². The van der Waals surface area contributed by atoms with Crippen molar-refractivity contribution < 1.29 is 5.11 Å². The number of phenolic OH excluding ortho intramolecular Hbond substituents is 1. The second kappa shape index (κ2) is 5.15. The van der Waals surface area contributed by atoms with Crippen LogP contribution in [0.15, 0.2) is 47.6 Å². The SMILES string of the molecule is Oc1ccc2nc(SCc3ccccc3Cl)[nH]c2c1. The summed E-state index contributed by atoms with van der Waals surface area (Å²) in [6.45, 7) is 0. The normalized spacial score (nSPS) is 11.0. The van der Waals surface area contributed by atoms with Crippen molar-refractivity contribution in [2.24, 2.45) is 0 Å². The van der Waals surface area contributed by atoms with E-state index < -0.39 is 0 Å². The first kappa shape index (κ1) is 12.4. The summed E-state index contributed by atoms with van der Waals surface area (Å²) in [4.78, 5) is 7.63. The van der Waals surface area contributed by atoms with Gasteiger partial charge in [0.15, 0.2) is 5.16 Å². The minimum atomic E-state index is 0.235. The molecule has 96 valence electrons. The van der Waals surface area contributed by atoms with Gasteiger partial charge in [0.25, 0.3) is 0 Å². The van der Waals surface area contributed by atoms with Crippen molar-refractivity contribution in [2.45, 2.75) is 10.9 Å². The molecule has 3 rings (SSSR count). The maximum Gasteiger partial charge on any atom is 0.166 e. The molecule has 2 aromatic carbocycles. The average Bonchev–Trinajstić information content (AvgIpc) is 2.79. The van der Waals surface area contributed by atoms with E-state index in [1.54, 1.807) is 30.0 Å². The quantitative estimate of drug-likeness (QED) is 0.710. The maximum absolute atomic E-state index is 9.41. The summed E-state index contributed by atoms with van der Waals surface area (Å²) in [5.74, 6) is 0.990. The smallest absolute Gasteiger partial charge is 0.166 e. The molecule has 0 aliphatic rings. The van der Waals surface area contributed by atoms with Gasteiger partial charge in [-0.15, -0.1) is 0 Å². The molecule has 19 heavy (non-hydrogen) atoms. The van der Waals surface area contributed by atoms with Crippen LogP contribution in [-0.2, 0) is 5.75 Å².